The highest BCUT2D eigenvalue weighted by atomic mass is 35.5. The molecule has 4 N–H and O–H groups in total. The molecule has 2 atom stereocenters. The van der Waals surface area contributed by atoms with Crippen molar-refractivity contribution in [1.82, 2.24) is 10.6 Å². The summed E-state index contributed by atoms with van der Waals surface area (Å²) in [6.45, 7) is 1.50. The molecule has 122 valence electrons. The lowest BCUT2D eigenvalue weighted by molar-refractivity contribution is 0.333. The van der Waals surface area contributed by atoms with Gasteiger partial charge >= 0.3 is 0 Å². The van der Waals surface area contributed by atoms with Gasteiger partial charge in [0, 0.05) is 23.7 Å². The normalized spacial score (nSPS) is 21.3. The zero-order valence-electron chi connectivity index (χ0n) is 12.0. The van der Waals surface area contributed by atoms with Crippen molar-refractivity contribution >= 4 is 34.8 Å². The maximum absolute atomic E-state index is 9.62. The zero-order valence-corrected chi connectivity index (χ0v) is 14.3. The van der Waals surface area contributed by atoms with Crippen LogP contribution in [0.3, 0.4) is 0 Å². The van der Waals surface area contributed by atoms with Crippen LogP contribution in [0.2, 0.25) is 15.1 Å². The number of halogens is 3. The maximum Gasteiger partial charge on any atom is 0.118 e. The van der Waals surface area contributed by atoms with Crippen LogP contribution in [-0.4, -0.2) is 23.3 Å². The van der Waals surface area contributed by atoms with Crippen LogP contribution in [0.25, 0.3) is 0 Å². The van der Waals surface area contributed by atoms with Crippen molar-refractivity contribution < 1.29 is 10.2 Å². The van der Waals surface area contributed by atoms with Crippen molar-refractivity contribution in [2.75, 3.05) is 13.1 Å². The van der Waals surface area contributed by atoms with Gasteiger partial charge in [-0.25, -0.2) is 0 Å². The van der Waals surface area contributed by atoms with Gasteiger partial charge in [0.2, 0.25) is 0 Å². The van der Waals surface area contributed by atoms with Crippen molar-refractivity contribution in [2.45, 2.75) is 12.1 Å². The number of aromatic hydroxyl groups is 2. The molecule has 0 aliphatic carbocycles. The zero-order chi connectivity index (χ0) is 16.6. The summed E-state index contributed by atoms with van der Waals surface area (Å²) in [5.74, 6) is 0.131. The predicted octanol–water partition coefficient (Wildman–Crippen LogP) is 4.03. The smallest absolute Gasteiger partial charge is 0.118 e. The Morgan fingerprint density at radius 1 is 0.783 bits per heavy atom. The largest absolute Gasteiger partial charge is 0.508 e. The van der Waals surface area contributed by atoms with E-state index in [0.29, 0.717) is 20.6 Å². The van der Waals surface area contributed by atoms with E-state index >= 15 is 0 Å². The highest BCUT2D eigenvalue weighted by molar-refractivity contribution is 6.36. The number of piperazine rings is 1. The minimum atomic E-state index is -0.216. The van der Waals surface area contributed by atoms with Crippen LogP contribution >= 0.6 is 34.8 Å². The number of hydrogen-bond acceptors (Lipinski definition) is 4. The van der Waals surface area contributed by atoms with Gasteiger partial charge in [-0.3, -0.25) is 0 Å². The monoisotopic (exact) mass is 372 g/mol. The summed E-state index contributed by atoms with van der Waals surface area (Å²) in [7, 11) is 0. The number of nitrogens with one attached hydrogen (secondary N) is 2. The first-order valence-electron chi connectivity index (χ1n) is 7.10. The number of rotatable bonds is 2. The molecule has 1 aliphatic heterocycles. The van der Waals surface area contributed by atoms with Gasteiger partial charge in [-0.05, 0) is 29.8 Å². The molecule has 2 aromatic carbocycles. The molecular formula is C16H15Cl3N2O2. The van der Waals surface area contributed by atoms with Crippen molar-refractivity contribution in [3.05, 3.63) is 56.5 Å². The van der Waals surface area contributed by atoms with Gasteiger partial charge in [0.15, 0.2) is 0 Å². The Bertz CT molecular complexity index is 716. The van der Waals surface area contributed by atoms with E-state index in [0.717, 1.165) is 18.7 Å². The third kappa shape index (κ3) is 3.37. The molecule has 1 saturated heterocycles. The van der Waals surface area contributed by atoms with Gasteiger partial charge in [-0.15, -0.1) is 0 Å². The quantitative estimate of drug-likeness (QED) is 0.642. The third-order valence-corrected chi connectivity index (χ3v) is 4.83. The molecule has 2 aromatic rings. The summed E-state index contributed by atoms with van der Waals surface area (Å²) in [6, 6.07) is 7.42. The summed E-state index contributed by atoms with van der Waals surface area (Å²) in [5, 5.41) is 27.2. The van der Waals surface area contributed by atoms with Gasteiger partial charge < -0.3 is 20.8 Å². The lowest BCUT2D eigenvalue weighted by Crippen LogP contribution is -2.45. The first kappa shape index (κ1) is 16.7. The lowest BCUT2D eigenvalue weighted by Gasteiger charge is -2.35. The van der Waals surface area contributed by atoms with Gasteiger partial charge in [0.05, 0.1) is 22.1 Å². The van der Waals surface area contributed by atoms with Crippen LogP contribution < -0.4 is 10.6 Å². The van der Waals surface area contributed by atoms with Gasteiger partial charge in [-0.2, -0.15) is 0 Å². The van der Waals surface area contributed by atoms with Gasteiger partial charge in [0.25, 0.3) is 0 Å². The highest BCUT2D eigenvalue weighted by Gasteiger charge is 2.32. The number of phenolic OH excluding ortho intramolecular Hbond substituents is 2. The molecule has 0 radical (unpaired) electrons. The highest BCUT2D eigenvalue weighted by Crippen LogP contribution is 2.42. The van der Waals surface area contributed by atoms with Crippen LogP contribution in [0, 0.1) is 0 Å². The molecule has 0 saturated carbocycles. The SMILES string of the molecule is Oc1ccc([C@H]2NCCN[C@H]2c2c(Cl)cc(O)cc2Cl)c(Cl)c1. The molecule has 4 nitrogen and oxygen atoms in total. The molecule has 23 heavy (non-hydrogen) atoms. The summed E-state index contributed by atoms with van der Waals surface area (Å²) in [4.78, 5) is 0. The van der Waals surface area contributed by atoms with Crippen molar-refractivity contribution in [3.63, 3.8) is 0 Å². The summed E-state index contributed by atoms with van der Waals surface area (Å²) in [5.41, 5.74) is 1.54. The van der Waals surface area contributed by atoms with Crippen LogP contribution in [-0.2, 0) is 0 Å². The van der Waals surface area contributed by atoms with Crippen molar-refractivity contribution in [1.29, 1.82) is 0 Å². The lowest BCUT2D eigenvalue weighted by atomic mass is 9.91. The molecule has 0 aromatic heterocycles. The fourth-order valence-electron chi connectivity index (χ4n) is 2.89. The molecule has 1 heterocycles. The summed E-state index contributed by atoms with van der Waals surface area (Å²) < 4.78 is 0. The average molecular weight is 374 g/mol. The Morgan fingerprint density at radius 3 is 1.96 bits per heavy atom. The molecule has 1 fully saturated rings. The van der Waals surface area contributed by atoms with E-state index in [4.69, 9.17) is 34.8 Å². The predicted molar refractivity (Wildman–Crippen MR) is 92.7 cm³/mol. The molecule has 0 spiro atoms. The molecule has 1 aliphatic rings. The Morgan fingerprint density at radius 2 is 1.35 bits per heavy atom. The fraction of sp³-hybridized carbons (Fsp3) is 0.250. The first-order chi connectivity index (χ1) is 11.0. The molecule has 0 bridgehead atoms. The second kappa shape index (κ2) is 6.75. The van der Waals surface area contributed by atoms with Crippen LogP contribution in [0.15, 0.2) is 30.3 Å². The molecule has 0 amide bonds. The third-order valence-electron chi connectivity index (χ3n) is 3.88. The average Bonchev–Trinajstić information content (AvgIpc) is 2.47. The van der Waals surface area contributed by atoms with E-state index in [1.54, 1.807) is 12.1 Å². The van der Waals surface area contributed by atoms with E-state index in [1.165, 1.54) is 18.2 Å². The Balaban J connectivity index is 2.06. The van der Waals surface area contributed by atoms with E-state index in [9.17, 15) is 10.2 Å². The second-order valence-corrected chi connectivity index (χ2v) is 6.61. The van der Waals surface area contributed by atoms with Gasteiger partial charge in [0.1, 0.15) is 11.5 Å². The molecule has 0 unspecified atom stereocenters. The standard InChI is InChI=1S/C16H15Cl3N2O2/c17-11-5-8(22)1-2-10(11)15-16(21-4-3-20-15)14-12(18)6-9(23)7-13(14)19/h1-2,5-7,15-16,20-23H,3-4H2/t15-,16+/m1/s1. The molecule has 7 heteroatoms. The van der Waals surface area contributed by atoms with Crippen molar-refractivity contribution in [3.8, 4) is 11.5 Å². The van der Waals surface area contributed by atoms with E-state index in [-0.39, 0.29) is 23.6 Å². The second-order valence-electron chi connectivity index (χ2n) is 5.39. The van der Waals surface area contributed by atoms with Crippen LogP contribution in [0.4, 0.5) is 0 Å². The summed E-state index contributed by atoms with van der Waals surface area (Å²) >= 11 is 18.9. The molecular weight excluding hydrogens is 359 g/mol. The van der Waals surface area contributed by atoms with Crippen LogP contribution in [0.5, 0.6) is 11.5 Å². The van der Waals surface area contributed by atoms with E-state index < -0.39 is 0 Å². The Labute approximate surface area is 149 Å². The Hall–Kier alpha value is -1.17. The molecule has 3 rings (SSSR count). The summed E-state index contributed by atoms with van der Waals surface area (Å²) in [6.07, 6.45) is 0. The first-order valence-corrected chi connectivity index (χ1v) is 8.24. The minimum Gasteiger partial charge on any atom is -0.508 e. The maximum atomic E-state index is 9.62. The van der Waals surface area contributed by atoms with E-state index in [1.807, 2.05) is 0 Å². The van der Waals surface area contributed by atoms with Gasteiger partial charge in [-0.1, -0.05) is 40.9 Å². The van der Waals surface area contributed by atoms with E-state index in [2.05, 4.69) is 10.6 Å². The fourth-order valence-corrected chi connectivity index (χ4v) is 3.89. The van der Waals surface area contributed by atoms with Crippen LogP contribution in [0.1, 0.15) is 23.2 Å². The number of hydrogen-bond donors (Lipinski definition) is 4. The topological polar surface area (TPSA) is 64.5 Å². The van der Waals surface area contributed by atoms with Crippen molar-refractivity contribution in [2.24, 2.45) is 0 Å². The Kier molecular flexibility index (Phi) is 4.90. The number of benzene rings is 2. The minimum absolute atomic E-state index is 0.0201. The number of phenols is 2.